The van der Waals surface area contributed by atoms with E-state index in [1.807, 2.05) is 0 Å². The van der Waals surface area contributed by atoms with Gasteiger partial charge < -0.3 is 15.1 Å². The van der Waals surface area contributed by atoms with Crippen molar-refractivity contribution in [2.24, 2.45) is 29.6 Å². The van der Waals surface area contributed by atoms with Gasteiger partial charge in [0, 0.05) is 6.04 Å². The summed E-state index contributed by atoms with van der Waals surface area (Å²) in [5.74, 6) is 5.04. The van der Waals surface area contributed by atoms with Crippen molar-refractivity contribution in [1.82, 2.24) is 15.5 Å². The van der Waals surface area contributed by atoms with Gasteiger partial charge in [0.05, 0.1) is 6.54 Å². The molecule has 3 aliphatic carbocycles. The van der Waals surface area contributed by atoms with Gasteiger partial charge in [-0.15, -0.1) is 5.10 Å². The summed E-state index contributed by atoms with van der Waals surface area (Å²) in [6.07, 6.45) is 4.36. The molecular weight excluding hydrogens is 252 g/mol. The molecule has 3 aliphatic rings. The van der Waals surface area contributed by atoms with Crippen LogP contribution in [0.4, 0.5) is 6.01 Å². The minimum atomic E-state index is 0.609. The lowest BCUT2D eigenvalue weighted by Gasteiger charge is -2.08. The fourth-order valence-electron chi connectivity index (χ4n) is 4.51. The van der Waals surface area contributed by atoms with Gasteiger partial charge in [-0.2, -0.15) is 0 Å². The molecule has 110 valence electrons. The van der Waals surface area contributed by atoms with Gasteiger partial charge in [0.2, 0.25) is 5.89 Å². The number of nitrogens with zero attached hydrogens (tertiary/aromatic N) is 2. The molecule has 0 aliphatic heterocycles. The number of hydrogen-bond acceptors (Lipinski definition) is 5. The molecule has 1 heterocycles. The van der Waals surface area contributed by atoms with E-state index < -0.39 is 0 Å². The Morgan fingerprint density at radius 1 is 1.20 bits per heavy atom. The second-order valence-electron chi connectivity index (χ2n) is 7.18. The molecule has 4 atom stereocenters. The molecule has 5 heteroatoms. The zero-order valence-corrected chi connectivity index (χ0v) is 12.3. The largest absolute Gasteiger partial charge is 0.407 e. The van der Waals surface area contributed by atoms with Gasteiger partial charge in [0.25, 0.3) is 0 Å². The van der Waals surface area contributed by atoms with E-state index in [0.717, 1.165) is 30.2 Å². The molecule has 4 unspecified atom stereocenters. The molecule has 5 nitrogen and oxygen atoms in total. The van der Waals surface area contributed by atoms with Gasteiger partial charge in [-0.05, 0) is 55.4 Å². The third kappa shape index (κ3) is 2.12. The van der Waals surface area contributed by atoms with Crippen LogP contribution in [0.25, 0.3) is 0 Å². The number of hydrogen-bond donors (Lipinski definition) is 2. The number of nitrogens with one attached hydrogen (secondary N) is 2. The molecule has 3 fully saturated rings. The zero-order valence-electron chi connectivity index (χ0n) is 12.3. The Labute approximate surface area is 119 Å². The predicted octanol–water partition coefficient (Wildman–Crippen LogP) is 2.27. The SMILES string of the molecule is CC(C)CNCc1nnc(NC2C3C4CCC(C4)C23)o1. The fraction of sp³-hybridized carbons (Fsp3) is 0.867. The molecule has 2 bridgehead atoms. The minimum Gasteiger partial charge on any atom is -0.407 e. The smallest absolute Gasteiger partial charge is 0.315 e. The first-order valence-electron chi connectivity index (χ1n) is 8.02. The van der Waals surface area contributed by atoms with Crippen molar-refractivity contribution in [3.05, 3.63) is 5.89 Å². The lowest BCUT2D eigenvalue weighted by Crippen LogP contribution is -2.19. The highest BCUT2D eigenvalue weighted by molar-refractivity contribution is 5.31. The summed E-state index contributed by atoms with van der Waals surface area (Å²) >= 11 is 0. The minimum absolute atomic E-state index is 0.609. The van der Waals surface area contributed by atoms with Gasteiger partial charge in [-0.25, -0.2) is 0 Å². The highest BCUT2D eigenvalue weighted by Gasteiger charge is 2.65. The zero-order chi connectivity index (χ0) is 13.7. The van der Waals surface area contributed by atoms with Crippen LogP contribution in [0.1, 0.15) is 39.0 Å². The lowest BCUT2D eigenvalue weighted by molar-refractivity contribution is 0.453. The maximum absolute atomic E-state index is 5.68. The number of anilines is 1. The van der Waals surface area contributed by atoms with Crippen LogP contribution in [0, 0.1) is 29.6 Å². The van der Waals surface area contributed by atoms with Crippen molar-refractivity contribution < 1.29 is 4.42 Å². The Balaban J connectivity index is 1.29. The van der Waals surface area contributed by atoms with Crippen molar-refractivity contribution in [2.75, 3.05) is 11.9 Å². The first-order valence-corrected chi connectivity index (χ1v) is 8.02. The highest BCUT2D eigenvalue weighted by atomic mass is 16.4. The molecule has 0 aromatic carbocycles. The summed E-state index contributed by atoms with van der Waals surface area (Å²) in [4.78, 5) is 0. The quantitative estimate of drug-likeness (QED) is 0.834. The highest BCUT2D eigenvalue weighted by Crippen LogP contribution is 2.66. The maximum atomic E-state index is 5.68. The predicted molar refractivity (Wildman–Crippen MR) is 76.1 cm³/mol. The Hall–Kier alpha value is -1.10. The van der Waals surface area contributed by atoms with Crippen molar-refractivity contribution in [3.63, 3.8) is 0 Å². The Morgan fingerprint density at radius 2 is 1.95 bits per heavy atom. The van der Waals surface area contributed by atoms with E-state index in [2.05, 4.69) is 34.7 Å². The molecule has 0 saturated heterocycles. The topological polar surface area (TPSA) is 63.0 Å². The van der Waals surface area contributed by atoms with Gasteiger partial charge in [-0.3, -0.25) is 0 Å². The van der Waals surface area contributed by atoms with Crippen molar-refractivity contribution >= 4 is 6.01 Å². The van der Waals surface area contributed by atoms with E-state index in [-0.39, 0.29) is 0 Å². The first-order chi connectivity index (χ1) is 9.72. The van der Waals surface area contributed by atoms with Crippen LogP contribution >= 0.6 is 0 Å². The molecule has 1 aromatic rings. The lowest BCUT2D eigenvalue weighted by atomic mass is 10.0. The van der Waals surface area contributed by atoms with Crippen LogP contribution in [0.2, 0.25) is 0 Å². The summed E-state index contributed by atoms with van der Waals surface area (Å²) in [6.45, 7) is 6.01. The number of aromatic nitrogens is 2. The molecule has 2 N–H and O–H groups in total. The molecular formula is C15H24N4O. The summed E-state index contributed by atoms with van der Waals surface area (Å²) in [7, 11) is 0. The number of fused-ring (bicyclic) bond motifs is 5. The van der Waals surface area contributed by atoms with Crippen LogP contribution < -0.4 is 10.6 Å². The van der Waals surface area contributed by atoms with Crippen LogP contribution in [0.5, 0.6) is 0 Å². The van der Waals surface area contributed by atoms with E-state index in [4.69, 9.17) is 4.42 Å². The molecule has 0 radical (unpaired) electrons. The summed E-state index contributed by atoms with van der Waals surface area (Å²) in [5, 5.41) is 15.0. The Kier molecular flexibility index (Phi) is 2.98. The first kappa shape index (κ1) is 12.6. The molecule has 1 aromatic heterocycles. The molecule has 4 rings (SSSR count). The normalized spacial score (nSPS) is 37.5. The van der Waals surface area contributed by atoms with E-state index in [1.54, 1.807) is 0 Å². The van der Waals surface area contributed by atoms with Crippen LogP contribution in [-0.2, 0) is 6.54 Å². The van der Waals surface area contributed by atoms with Crippen LogP contribution in [0.15, 0.2) is 4.42 Å². The Morgan fingerprint density at radius 3 is 2.65 bits per heavy atom. The average Bonchev–Trinajstić information content (AvgIpc) is 2.82. The molecule has 0 amide bonds. The summed E-state index contributed by atoms with van der Waals surface area (Å²) in [6, 6.07) is 1.23. The van der Waals surface area contributed by atoms with Gasteiger partial charge in [-0.1, -0.05) is 18.9 Å². The second-order valence-corrected chi connectivity index (χ2v) is 7.18. The number of rotatable bonds is 6. The van der Waals surface area contributed by atoms with Crippen LogP contribution in [0.3, 0.4) is 0 Å². The van der Waals surface area contributed by atoms with E-state index in [0.29, 0.717) is 30.4 Å². The third-order valence-corrected chi connectivity index (χ3v) is 5.32. The summed E-state index contributed by atoms with van der Waals surface area (Å²) < 4.78 is 5.68. The monoisotopic (exact) mass is 276 g/mol. The second kappa shape index (κ2) is 4.72. The molecule has 20 heavy (non-hydrogen) atoms. The standard InChI is InChI=1S/C15H24N4O/c1-8(2)6-16-7-11-18-19-15(20-11)17-14-12-9-3-4-10(5-9)13(12)14/h8-10,12-14,16H,3-7H2,1-2H3,(H,17,19). The third-order valence-electron chi connectivity index (χ3n) is 5.32. The maximum Gasteiger partial charge on any atom is 0.315 e. The van der Waals surface area contributed by atoms with Crippen molar-refractivity contribution in [3.8, 4) is 0 Å². The van der Waals surface area contributed by atoms with Crippen LogP contribution in [-0.4, -0.2) is 22.8 Å². The molecule has 0 spiro atoms. The summed E-state index contributed by atoms with van der Waals surface area (Å²) in [5.41, 5.74) is 0. The molecule has 3 saturated carbocycles. The van der Waals surface area contributed by atoms with Gasteiger partial charge >= 0.3 is 6.01 Å². The average molecular weight is 276 g/mol. The van der Waals surface area contributed by atoms with Crippen molar-refractivity contribution in [1.29, 1.82) is 0 Å². The van der Waals surface area contributed by atoms with Gasteiger partial charge in [0.15, 0.2) is 0 Å². The fourth-order valence-corrected chi connectivity index (χ4v) is 4.51. The Bertz CT molecular complexity index is 470. The van der Waals surface area contributed by atoms with Gasteiger partial charge in [0.1, 0.15) is 0 Å². The van der Waals surface area contributed by atoms with E-state index in [1.165, 1.54) is 19.3 Å². The van der Waals surface area contributed by atoms with E-state index >= 15 is 0 Å². The van der Waals surface area contributed by atoms with Crippen molar-refractivity contribution in [2.45, 2.75) is 45.7 Å². The van der Waals surface area contributed by atoms with E-state index in [9.17, 15) is 0 Å².